The first-order valence-corrected chi connectivity index (χ1v) is 9.64. The molecule has 0 aliphatic heterocycles. The van der Waals surface area contributed by atoms with Crippen LogP contribution in [0.5, 0.6) is 5.88 Å². The van der Waals surface area contributed by atoms with Crippen LogP contribution in [0.15, 0.2) is 43.8 Å². The van der Waals surface area contributed by atoms with Gasteiger partial charge in [0.15, 0.2) is 5.69 Å². The molecule has 0 saturated carbocycles. The molecule has 1 N–H and O–H groups in total. The van der Waals surface area contributed by atoms with E-state index in [2.05, 4.69) is 48.1 Å². The summed E-state index contributed by atoms with van der Waals surface area (Å²) in [6.45, 7) is 5.71. The molecule has 0 bridgehead atoms. The molecule has 28 heavy (non-hydrogen) atoms. The molecule has 0 unspecified atom stereocenters. The number of ether oxygens (including phenoxy) is 1. The molecule has 0 fully saturated rings. The van der Waals surface area contributed by atoms with Crippen molar-refractivity contribution in [1.29, 1.82) is 0 Å². The van der Waals surface area contributed by atoms with Gasteiger partial charge < -0.3 is 4.74 Å². The molecule has 0 spiro atoms. The van der Waals surface area contributed by atoms with Crippen LogP contribution in [-0.4, -0.2) is 26.9 Å². The van der Waals surface area contributed by atoms with Gasteiger partial charge in [0.05, 0.1) is 18.5 Å². The third-order valence-corrected chi connectivity index (χ3v) is 4.72. The first-order valence-electron chi connectivity index (χ1n) is 8.85. The van der Waals surface area contributed by atoms with Gasteiger partial charge in [0.2, 0.25) is 5.88 Å². The predicted molar refractivity (Wildman–Crippen MR) is 110 cm³/mol. The maximum absolute atomic E-state index is 12.8. The number of nitrogens with zero attached hydrogens (tertiary/aromatic N) is 5. The van der Waals surface area contributed by atoms with Crippen LogP contribution in [0.2, 0.25) is 0 Å². The second kappa shape index (κ2) is 8.47. The van der Waals surface area contributed by atoms with Crippen molar-refractivity contribution in [3.05, 3.63) is 56.0 Å². The lowest BCUT2D eigenvalue weighted by atomic mass is 10.1. The van der Waals surface area contributed by atoms with Crippen molar-refractivity contribution < 1.29 is 4.74 Å². The Morgan fingerprint density at radius 2 is 1.89 bits per heavy atom. The minimum absolute atomic E-state index is 0.209. The Morgan fingerprint density at radius 3 is 2.54 bits per heavy atom. The summed E-state index contributed by atoms with van der Waals surface area (Å²) in [5.41, 5.74) is 2.78. The van der Waals surface area contributed by atoms with Gasteiger partial charge in [-0.2, -0.15) is 14.8 Å². The number of rotatable bonds is 6. The van der Waals surface area contributed by atoms with E-state index in [0.29, 0.717) is 17.3 Å². The minimum atomic E-state index is -0.372. The third kappa shape index (κ3) is 4.04. The average molecular weight is 445 g/mol. The molecule has 0 amide bonds. The second-order valence-electron chi connectivity index (χ2n) is 6.25. The van der Waals surface area contributed by atoms with Crippen molar-refractivity contribution in [3.63, 3.8) is 0 Å². The van der Waals surface area contributed by atoms with Gasteiger partial charge in [-0.05, 0) is 44.5 Å². The number of aromatic amines is 1. The summed E-state index contributed by atoms with van der Waals surface area (Å²) in [6.07, 6.45) is 1.75. The lowest BCUT2D eigenvalue weighted by Gasteiger charge is -2.11. The first-order chi connectivity index (χ1) is 13.4. The lowest BCUT2D eigenvalue weighted by Crippen LogP contribution is -2.18. The Morgan fingerprint density at radius 1 is 1.18 bits per heavy atom. The highest BCUT2D eigenvalue weighted by Crippen LogP contribution is 2.23. The fraction of sp³-hybridized carbons (Fsp3) is 0.316. The molecule has 1 aromatic carbocycles. The molecule has 8 nitrogen and oxygen atoms in total. The van der Waals surface area contributed by atoms with E-state index in [-0.39, 0.29) is 17.2 Å². The SMILES string of the molecule is CCCc1c(C)nc(-n2[nH]c(C)c(N=Nc3ccc(Br)cc3)c2=O)nc1OC. The number of H-pyrrole nitrogens is 1. The quantitative estimate of drug-likeness (QED) is 0.556. The number of aromatic nitrogens is 4. The number of nitrogens with one attached hydrogen (secondary N) is 1. The first kappa shape index (κ1) is 19.9. The second-order valence-corrected chi connectivity index (χ2v) is 7.16. The van der Waals surface area contributed by atoms with Crippen LogP contribution in [0, 0.1) is 13.8 Å². The van der Waals surface area contributed by atoms with E-state index in [9.17, 15) is 4.79 Å². The van der Waals surface area contributed by atoms with E-state index in [4.69, 9.17) is 4.74 Å². The number of aryl methyl sites for hydroxylation is 2. The number of azo groups is 1. The van der Waals surface area contributed by atoms with Gasteiger partial charge in [-0.1, -0.05) is 29.3 Å². The molecule has 3 aromatic rings. The molecule has 0 radical (unpaired) electrons. The van der Waals surface area contributed by atoms with Crippen molar-refractivity contribution in [1.82, 2.24) is 19.7 Å². The predicted octanol–water partition coefficient (Wildman–Crippen LogP) is 4.71. The summed E-state index contributed by atoms with van der Waals surface area (Å²) in [5.74, 6) is 0.689. The molecule has 2 heterocycles. The Balaban J connectivity index is 2.01. The van der Waals surface area contributed by atoms with Gasteiger partial charge >= 0.3 is 5.56 Å². The molecule has 3 rings (SSSR count). The fourth-order valence-corrected chi connectivity index (χ4v) is 3.04. The van der Waals surface area contributed by atoms with Crippen molar-refractivity contribution in [2.45, 2.75) is 33.6 Å². The van der Waals surface area contributed by atoms with Crippen LogP contribution in [0.4, 0.5) is 11.4 Å². The molecule has 0 saturated heterocycles. The topological polar surface area (TPSA) is 97.5 Å². The number of hydrogen-bond acceptors (Lipinski definition) is 6. The highest BCUT2D eigenvalue weighted by atomic mass is 79.9. The van der Waals surface area contributed by atoms with E-state index in [0.717, 1.165) is 28.6 Å². The van der Waals surface area contributed by atoms with Gasteiger partial charge in [0.25, 0.3) is 5.95 Å². The van der Waals surface area contributed by atoms with E-state index >= 15 is 0 Å². The molecule has 0 aliphatic carbocycles. The number of halogens is 1. The number of hydrogen-bond donors (Lipinski definition) is 1. The van der Waals surface area contributed by atoms with Crippen LogP contribution in [0.25, 0.3) is 5.95 Å². The van der Waals surface area contributed by atoms with Gasteiger partial charge in [-0.3, -0.25) is 9.89 Å². The zero-order valence-electron chi connectivity index (χ0n) is 16.2. The Bertz CT molecular complexity index is 1070. The Labute approximate surface area is 170 Å². The average Bonchev–Trinajstić information content (AvgIpc) is 2.96. The van der Waals surface area contributed by atoms with Gasteiger partial charge in [-0.25, -0.2) is 4.98 Å². The lowest BCUT2D eigenvalue weighted by molar-refractivity contribution is 0.388. The highest BCUT2D eigenvalue weighted by molar-refractivity contribution is 9.10. The Hall–Kier alpha value is -2.81. The van der Waals surface area contributed by atoms with Gasteiger partial charge in [-0.15, -0.1) is 5.11 Å². The zero-order chi connectivity index (χ0) is 20.3. The summed E-state index contributed by atoms with van der Waals surface area (Å²) in [6, 6.07) is 7.32. The zero-order valence-corrected chi connectivity index (χ0v) is 17.7. The molecule has 2 aromatic heterocycles. The highest BCUT2D eigenvalue weighted by Gasteiger charge is 2.18. The van der Waals surface area contributed by atoms with E-state index in [1.165, 1.54) is 4.68 Å². The van der Waals surface area contributed by atoms with Crippen molar-refractivity contribution in [3.8, 4) is 11.8 Å². The molecular weight excluding hydrogens is 424 g/mol. The fourth-order valence-electron chi connectivity index (χ4n) is 2.77. The van der Waals surface area contributed by atoms with Crippen molar-refractivity contribution >= 4 is 27.3 Å². The van der Waals surface area contributed by atoms with Crippen LogP contribution >= 0.6 is 15.9 Å². The van der Waals surface area contributed by atoms with Crippen LogP contribution in [0.1, 0.15) is 30.3 Å². The molecule has 9 heteroatoms. The van der Waals surface area contributed by atoms with Crippen LogP contribution in [-0.2, 0) is 6.42 Å². The van der Waals surface area contributed by atoms with E-state index < -0.39 is 0 Å². The number of methoxy groups -OCH3 is 1. The van der Waals surface area contributed by atoms with Gasteiger partial charge in [0.1, 0.15) is 0 Å². The summed E-state index contributed by atoms with van der Waals surface area (Å²) in [7, 11) is 1.56. The molecule has 0 atom stereocenters. The Kier molecular flexibility index (Phi) is 6.03. The van der Waals surface area contributed by atoms with Crippen LogP contribution < -0.4 is 10.3 Å². The van der Waals surface area contributed by atoms with Gasteiger partial charge in [0, 0.05) is 15.7 Å². The third-order valence-electron chi connectivity index (χ3n) is 4.19. The minimum Gasteiger partial charge on any atom is -0.481 e. The molecular formula is C19H21BrN6O2. The van der Waals surface area contributed by atoms with Crippen molar-refractivity contribution in [2.75, 3.05) is 7.11 Å². The largest absolute Gasteiger partial charge is 0.481 e. The smallest absolute Gasteiger partial charge is 0.301 e. The summed E-state index contributed by atoms with van der Waals surface area (Å²) in [4.78, 5) is 21.7. The normalized spacial score (nSPS) is 11.3. The molecule has 146 valence electrons. The monoisotopic (exact) mass is 444 g/mol. The maximum atomic E-state index is 12.8. The van der Waals surface area contributed by atoms with Crippen molar-refractivity contribution in [2.24, 2.45) is 10.2 Å². The summed E-state index contributed by atoms with van der Waals surface area (Å²) >= 11 is 3.37. The van der Waals surface area contributed by atoms with Crippen LogP contribution in [0.3, 0.4) is 0 Å². The standard InChI is InChI=1S/C19H21BrN6O2/c1-5-6-15-11(2)21-19(22-17(15)28-4)26-18(27)16(12(3)25-26)24-23-14-9-7-13(20)8-10-14/h7-10,25H,5-6H2,1-4H3. The molecule has 0 aliphatic rings. The summed E-state index contributed by atoms with van der Waals surface area (Å²) in [5, 5.41) is 11.2. The van der Waals surface area contributed by atoms with E-state index in [1.54, 1.807) is 26.2 Å². The van der Waals surface area contributed by atoms with E-state index in [1.807, 2.05) is 19.1 Å². The summed E-state index contributed by atoms with van der Waals surface area (Å²) < 4.78 is 7.61. The number of benzene rings is 1. The maximum Gasteiger partial charge on any atom is 0.301 e.